The smallest absolute Gasteiger partial charge is 0.0541 e. The van der Waals surface area contributed by atoms with Gasteiger partial charge in [-0.2, -0.15) is 12.6 Å². The Kier molecular flexibility index (Phi) is 7.30. The molecule has 0 nitrogen and oxygen atoms in total. The Morgan fingerprint density at radius 2 is 2.20 bits per heavy atom. The van der Waals surface area contributed by atoms with Crippen molar-refractivity contribution >= 4 is 47.4 Å². The van der Waals surface area contributed by atoms with E-state index in [-0.39, 0.29) is 5.38 Å². The molecule has 10 heavy (non-hydrogen) atoms. The van der Waals surface area contributed by atoms with Crippen molar-refractivity contribution in [3.05, 3.63) is 11.1 Å². The Labute approximate surface area is 81.9 Å². The molecule has 0 aliphatic heterocycles. The van der Waals surface area contributed by atoms with Crippen LogP contribution in [0.25, 0.3) is 0 Å². The minimum absolute atomic E-state index is 0.0582. The van der Waals surface area contributed by atoms with Gasteiger partial charge in [-0.3, -0.25) is 0 Å². The fourth-order valence-corrected chi connectivity index (χ4v) is 1.37. The molecule has 0 aromatic heterocycles. The third kappa shape index (κ3) is 5.72. The number of allylic oxidation sites excluding steroid dienone is 1. The predicted octanol–water partition coefficient (Wildman–Crippen LogP) is 3.28. The molecule has 0 saturated carbocycles. The second-order valence-electron chi connectivity index (χ2n) is 1.77. The van der Waals surface area contributed by atoms with E-state index in [2.05, 4.69) is 12.6 Å². The maximum Gasteiger partial charge on any atom is 0.0541 e. The molecule has 0 spiro atoms. The predicted molar refractivity (Wildman–Crippen MR) is 52.8 cm³/mol. The molecule has 4 heteroatoms. The van der Waals surface area contributed by atoms with Crippen molar-refractivity contribution in [3.63, 3.8) is 0 Å². The summed E-state index contributed by atoms with van der Waals surface area (Å²) < 4.78 is 0. The van der Waals surface area contributed by atoms with E-state index in [1.54, 1.807) is 6.08 Å². The van der Waals surface area contributed by atoms with Crippen molar-refractivity contribution < 1.29 is 0 Å². The minimum atomic E-state index is -0.0582. The van der Waals surface area contributed by atoms with Gasteiger partial charge in [0.15, 0.2) is 0 Å². The molecular formula is C6H9Cl3S. The van der Waals surface area contributed by atoms with Crippen molar-refractivity contribution in [3.8, 4) is 0 Å². The zero-order valence-electron chi connectivity index (χ0n) is 5.36. The van der Waals surface area contributed by atoms with Gasteiger partial charge in [-0.25, -0.2) is 0 Å². The van der Waals surface area contributed by atoms with Gasteiger partial charge in [0, 0.05) is 16.7 Å². The largest absolute Gasteiger partial charge is 0.174 e. The molecule has 0 aliphatic rings. The number of rotatable bonds is 4. The third-order valence-electron chi connectivity index (χ3n) is 0.898. The van der Waals surface area contributed by atoms with E-state index in [0.29, 0.717) is 16.7 Å². The second-order valence-corrected chi connectivity index (χ2v) is 3.51. The molecule has 0 radical (unpaired) electrons. The lowest BCUT2D eigenvalue weighted by Gasteiger charge is -1.99. The number of hydrogen-bond acceptors (Lipinski definition) is 1. The van der Waals surface area contributed by atoms with Crippen molar-refractivity contribution in [1.82, 2.24) is 0 Å². The van der Waals surface area contributed by atoms with Crippen LogP contribution in [-0.4, -0.2) is 17.0 Å². The first-order chi connectivity index (χ1) is 4.70. The molecule has 0 heterocycles. The van der Waals surface area contributed by atoms with Gasteiger partial charge in [0.25, 0.3) is 0 Å². The number of alkyl halides is 2. The van der Waals surface area contributed by atoms with Crippen LogP contribution >= 0.6 is 47.4 Å². The maximum atomic E-state index is 5.78. The highest BCUT2D eigenvalue weighted by atomic mass is 35.5. The highest BCUT2D eigenvalue weighted by molar-refractivity contribution is 7.80. The summed E-state index contributed by atoms with van der Waals surface area (Å²) in [6.45, 7) is 0. The molecule has 0 rings (SSSR count). The lowest BCUT2D eigenvalue weighted by molar-refractivity contribution is 0.971. The molecule has 0 aliphatic carbocycles. The van der Waals surface area contributed by atoms with E-state index in [1.807, 2.05) is 0 Å². The van der Waals surface area contributed by atoms with Crippen LogP contribution in [0.2, 0.25) is 0 Å². The first kappa shape index (κ1) is 11.0. The normalized spacial score (nSPS) is 15.4. The molecule has 1 atom stereocenters. The van der Waals surface area contributed by atoms with Gasteiger partial charge in [-0.1, -0.05) is 17.7 Å². The summed E-state index contributed by atoms with van der Waals surface area (Å²) >= 11 is 20.8. The standard InChI is InChI=1S/C6H9Cl3S/c7-2-1-5(8)3-6(9)4-10/h3,5,10H,1-2,4H2/b6-3-. The van der Waals surface area contributed by atoms with Crippen molar-refractivity contribution in [2.45, 2.75) is 11.8 Å². The van der Waals surface area contributed by atoms with Crippen LogP contribution in [-0.2, 0) is 0 Å². The SMILES string of the molecule is SC/C(Cl)=C/C(Cl)CCCl. The van der Waals surface area contributed by atoms with Gasteiger partial charge in [-0.05, 0) is 6.42 Å². The van der Waals surface area contributed by atoms with Crippen LogP contribution in [0.1, 0.15) is 6.42 Å². The molecular weight excluding hydrogens is 210 g/mol. The average molecular weight is 220 g/mol. The van der Waals surface area contributed by atoms with E-state index in [1.165, 1.54) is 0 Å². The Hall–Kier alpha value is 0.960. The summed E-state index contributed by atoms with van der Waals surface area (Å²) in [7, 11) is 0. The van der Waals surface area contributed by atoms with Crippen LogP contribution in [0.15, 0.2) is 11.1 Å². The van der Waals surface area contributed by atoms with E-state index < -0.39 is 0 Å². The van der Waals surface area contributed by atoms with Gasteiger partial charge in [0.05, 0.1) is 5.38 Å². The van der Waals surface area contributed by atoms with E-state index >= 15 is 0 Å². The van der Waals surface area contributed by atoms with Gasteiger partial charge in [0.1, 0.15) is 0 Å². The van der Waals surface area contributed by atoms with E-state index in [4.69, 9.17) is 34.8 Å². The first-order valence-corrected chi connectivity index (χ1v) is 4.86. The molecule has 1 unspecified atom stereocenters. The lowest BCUT2D eigenvalue weighted by Crippen LogP contribution is -1.95. The fraction of sp³-hybridized carbons (Fsp3) is 0.667. The van der Waals surface area contributed by atoms with Gasteiger partial charge < -0.3 is 0 Å². The molecule has 0 N–H and O–H groups in total. The summed E-state index contributed by atoms with van der Waals surface area (Å²) in [5.74, 6) is 1.09. The minimum Gasteiger partial charge on any atom is -0.174 e. The molecule has 0 amide bonds. The summed E-state index contributed by atoms with van der Waals surface area (Å²) in [6.07, 6.45) is 2.51. The van der Waals surface area contributed by atoms with E-state index in [0.717, 1.165) is 6.42 Å². The third-order valence-corrected chi connectivity index (χ3v) is 2.25. The van der Waals surface area contributed by atoms with Crippen LogP contribution in [0.3, 0.4) is 0 Å². The first-order valence-electron chi connectivity index (χ1n) is 2.87. The monoisotopic (exact) mass is 218 g/mol. The summed E-state index contributed by atoms with van der Waals surface area (Å²) in [5, 5.41) is 0.616. The van der Waals surface area contributed by atoms with Crippen molar-refractivity contribution in [2.24, 2.45) is 0 Å². The number of halogens is 3. The van der Waals surface area contributed by atoms with Gasteiger partial charge in [0.2, 0.25) is 0 Å². The lowest BCUT2D eigenvalue weighted by atomic mass is 10.3. The Morgan fingerprint density at radius 1 is 1.60 bits per heavy atom. The summed E-state index contributed by atoms with van der Waals surface area (Å²) in [4.78, 5) is 0. The van der Waals surface area contributed by atoms with E-state index in [9.17, 15) is 0 Å². The molecule has 0 fully saturated rings. The Bertz CT molecular complexity index is 114. The fourth-order valence-electron chi connectivity index (χ4n) is 0.437. The maximum absolute atomic E-state index is 5.78. The van der Waals surface area contributed by atoms with Gasteiger partial charge >= 0.3 is 0 Å². The zero-order valence-corrected chi connectivity index (χ0v) is 8.52. The van der Waals surface area contributed by atoms with Crippen molar-refractivity contribution in [1.29, 1.82) is 0 Å². The van der Waals surface area contributed by atoms with Crippen LogP contribution in [0.4, 0.5) is 0 Å². The molecule has 0 aromatic rings. The molecule has 60 valence electrons. The zero-order chi connectivity index (χ0) is 7.98. The number of thiol groups is 1. The average Bonchev–Trinajstić information content (AvgIpc) is 1.88. The Balaban J connectivity index is 3.62. The number of hydrogen-bond donors (Lipinski definition) is 1. The van der Waals surface area contributed by atoms with Gasteiger partial charge in [-0.15, -0.1) is 23.2 Å². The van der Waals surface area contributed by atoms with Crippen LogP contribution in [0.5, 0.6) is 0 Å². The second kappa shape index (κ2) is 6.66. The molecule has 0 aromatic carbocycles. The summed E-state index contributed by atoms with van der Waals surface area (Å²) in [5.41, 5.74) is 0. The highest BCUT2D eigenvalue weighted by Crippen LogP contribution is 2.11. The summed E-state index contributed by atoms with van der Waals surface area (Å²) in [6, 6.07) is 0. The van der Waals surface area contributed by atoms with Crippen molar-refractivity contribution in [2.75, 3.05) is 11.6 Å². The molecule has 0 saturated heterocycles. The molecule has 0 bridgehead atoms. The Morgan fingerprint density at radius 3 is 2.60 bits per heavy atom. The van der Waals surface area contributed by atoms with Crippen LogP contribution in [0, 0.1) is 0 Å². The quantitative estimate of drug-likeness (QED) is 0.544. The topological polar surface area (TPSA) is 0 Å². The van der Waals surface area contributed by atoms with Crippen LogP contribution < -0.4 is 0 Å². The highest BCUT2D eigenvalue weighted by Gasteiger charge is 1.99.